The van der Waals surface area contributed by atoms with Gasteiger partial charge in [0.25, 0.3) is 0 Å². The van der Waals surface area contributed by atoms with E-state index in [0.29, 0.717) is 24.6 Å². The molecule has 0 aliphatic heterocycles. The number of carbonyl (C=O) groups is 1. The van der Waals surface area contributed by atoms with Gasteiger partial charge in [0.05, 0.1) is 12.2 Å². The zero-order valence-electron chi connectivity index (χ0n) is 15.7. The number of carbonyl (C=O) groups excluding carboxylic acids is 1. The predicted octanol–water partition coefficient (Wildman–Crippen LogP) is 5.13. The SMILES string of the molecule is CCCCCCCOc1ncc(C(=O)OC(CC)c2ccccc2)cn1. The van der Waals surface area contributed by atoms with E-state index in [0.717, 1.165) is 18.4 Å². The number of aromatic nitrogens is 2. The number of hydrogen-bond donors (Lipinski definition) is 0. The molecule has 0 N–H and O–H groups in total. The largest absolute Gasteiger partial charge is 0.463 e. The molecule has 2 aromatic rings. The maximum Gasteiger partial charge on any atom is 0.341 e. The first-order valence-corrected chi connectivity index (χ1v) is 9.45. The fourth-order valence-electron chi connectivity index (χ4n) is 2.62. The van der Waals surface area contributed by atoms with Gasteiger partial charge in [-0.1, -0.05) is 69.9 Å². The van der Waals surface area contributed by atoms with Gasteiger partial charge < -0.3 is 9.47 Å². The second-order valence-corrected chi connectivity index (χ2v) is 6.23. The van der Waals surface area contributed by atoms with Crippen LogP contribution in [0.5, 0.6) is 6.01 Å². The average Bonchev–Trinajstić information content (AvgIpc) is 2.69. The van der Waals surface area contributed by atoms with Crippen LogP contribution in [0.1, 0.15) is 74.4 Å². The summed E-state index contributed by atoms with van der Waals surface area (Å²) >= 11 is 0. The van der Waals surface area contributed by atoms with Crippen molar-refractivity contribution in [1.82, 2.24) is 9.97 Å². The minimum Gasteiger partial charge on any atom is -0.463 e. The lowest BCUT2D eigenvalue weighted by Gasteiger charge is -2.16. The summed E-state index contributed by atoms with van der Waals surface area (Å²) in [4.78, 5) is 20.5. The number of benzene rings is 1. The van der Waals surface area contributed by atoms with Gasteiger partial charge in [0, 0.05) is 12.4 Å². The van der Waals surface area contributed by atoms with Crippen LogP contribution in [-0.2, 0) is 4.74 Å². The van der Waals surface area contributed by atoms with Crippen LogP contribution in [-0.4, -0.2) is 22.5 Å². The van der Waals surface area contributed by atoms with Crippen molar-refractivity contribution in [2.24, 2.45) is 0 Å². The molecule has 5 nitrogen and oxygen atoms in total. The summed E-state index contributed by atoms with van der Waals surface area (Å²) in [5, 5.41) is 0. The van der Waals surface area contributed by atoms with Gasteiger partial charge in [-0.3, -0.25) is 0 Å². The smallest absolute Gasteiger partial charge is 0.341 e. The third-order valence-corrected chi connectivity index (χ3v) is 4.13. The lowest BCUT2D eigenvalue weighted by atomic mass is 10.1. The lowest BCUT2D eigenvalue weighted by molar-refractivity contribution is 0.0286. The van der Waals surface area contributed by atoms with E-state index < -0.39 is 5.97 Å². The summed E-state index contributed by atoms with van der Waals surface area (Å²) in [5.41, 5.74) is 1.31. The molecule has 5 heteroatoms. The number of hydrogen-bond acceptors (Lipinski definition) is 5. The van der Waals surface area contributed by atoms with Crippen LogP contribution < -0.4 is 4.74 Å². The molecule has 2 rings (SSSR count). The quantitative estimate of drug-likeness (QED) is 0.412. The fraction of sp³-hybridized carbons (Fsp3) is 0.476. The molecule has 0 bridgehead atoms. The highest BCUT2D eigenvalue weighted by Crippen LogP contribution is 2.22. The van der Waals surface area contributed by atoms with Gasteiger partial charge >= 0.3 is 12.0 Å². The second kappa shape index (κ2) is 11.2. The molecule has 0 fully saturated rings. The standard InChI is InChI=1S/C21H28N2O3/c1-3-5-6-7-11-14-25-21-22-15-18(16-23-21)20(24)26-19(4-2)17-12-9-8-10-13-17/h8-10,12-13,15-16,19H,3-7,11,14H2,1-2H3. The van der Waals surface area contributed by atoms with E-state index in [9.17, 15) is 4.79 Å². The second-order valence-electron chi connectivity index (χ2n) is 6.23. The minimum atomic E-state index is -0.424. The summed E-state index contributed by atoms with van der Waals surface area (Å²) in [6, 6.07) is 10.0. The summed E-state index contributed by atoms with van der Waals surface area (Å²) in [6.07, 6.45) is 9.20. The van der Waals surface area contributed by atoms with Crippen molar-refractivity contribution in [3.05, 3.63) is 53.9 Å². The van der Waals surface area contributed by atoms with E-state index in [4.69, 9.17) is 9.47 Å². The molecule has 1 heterocycles. The molecular weight excluding hydrogens is 328 g/mol. The summed E-state index contributed by atoms with van der Waals surface area (Å²) in [6.45, 7) is 4.78. The van der Waals surface area contributed by atoms with Crippen molar-refractivity contribution in [2.45, 2.75) is 58.5 Å². The number of rotatable bonds is 11. The van der Waals surface area contributed by atoms with Crippen molar-refractivity contribution >= 4 is 5.97 Å². The van der Waals surface area contributed by atoms with E-state index in [2.05, 4.69) is 16.9 Å². The molecule has 0 aliphatic rings. The first-order chi connectivity index (χ1) is 12.7. The molecular formula is C21H28N2O3. The Bertz CT molecular complexity index is 644. The Balaban J connectivity index is 1.82. The Hall–Kier alpha value is -2.43. The van der Waals surface area contributed by atoms with Crippen LogP contribution in [0.3, 0.4) is 0 Å². The first kappa shape index (κ1) is 19.9. The van der Waals surface area contributed by atoms with Gasteiger partial charge in [-0.05, 0) is 18.4 Å². The highest BCUT2D eigenvalue weighted by molar-refractivity contribution is 5.88. The van der Waals surface area contributed by atoms with E-state index in [1.54, 1.807) is 0 Å². The third-order valence-electron chi connectivity index (χ3n) is 4.13. The van der Waals surface area contributed by atoms with E-state index in [1.165, 1.54) is 31.7 Å². The molecule has 0 spiro atoms. The van der Waals surface area contributed by atoms with Gasteiger partial charge in [-0.2, -0.15) is 0 Å². The first-order valence-electron chi connectivity index (χ1n) is 9.45. The summed E-state index contributed by atoms with van der Waals surface area (Å²) in [7, 11) is 0. The van der Waals surface area contributed by atoms with Crippen LogP contribution in [0.15, 0.2) is 42.7 Å². The third kappa shape index (κ3) is 6.47. The highest BCUT2D eigenvalue weighted by Gasteiger charge is 2.17. The van der Waals surface area contributed by atoms with Crippen LogP contribution >= 0.6 is 0 Å². The molecule has 0 radical (unpaired) electrons. The van der Waals surface area contributed by atoms with Gasteiger partial charge in [-0.25, -0.2) is 14.8 Å². The van der Waals surface area contributed by atoms with E-state index in [-0.39, 0.29) is 6.10 Å². The molecule has 1 atom stereocenters. The van der Waals surface area contributed by atoms with Crippen molar-refractivity contribution < 1.29 is 14.3 Å². The Kier molecular flexibility index (Phi) is 8.60. The van der Waals surface area contributed by atoms with Gasteiger partial charge in [0.15, 0.2) is 0 Å². The Morgan fingerprint density at radius 1 is 1.00 bits per heavy atom. The van der Waals surface area contributed by atoms with Crippen LogP contribution in [0.4, 0.5) is 0 Å². The molecule has 26 heavy (non-hydrogen) atoms. The van der Waals surface area contributed by atoms with Gasteiger partial charge in [0.2, 0.25) is 0 Å². The predicted molar refractivity (Wildman–Crippen MR) is 101 cm³/mol. The maximum atomic E-state index is 12.3. The van der Waals surface area contributed by atoms with Crippen molar-refractivity contribution in [3.8, 4) is 6.01 Å². The zero-order valence-corrected chi connectivity index (χ0v) is 15.7. The van der Waals surface area contributed by atoms with Crippen LogP contribution in [0.25, 0.3) is 0 Å². The van der Waals surface area contributed by atoms with Crippen molar-refractivity contribution in [3.63, 3.8) is 0 Å². The number of nitrogens with zero attached hydrogens (tertiary/aromatic N) is 2. The topological polar surface area (TPSA) is 61.3 Å². The Labute approximate surface area is 155 Å². The molecule has 0 saturated carbocycles. The molecule has 1 aromatic carbocycles. The van der Waals surface area contributed by atoms with Crippen LogP contribution in [0, 0.1) is 0 Å². The summed E-state index contributed by atoms with van der Waals surface area (Å²) < 4.78 is 11.1. The molecule has 140 valence electrons. The number of unbranched alkanes of at least 4 members (excludes halogenated alkanes) is 4. The number of esters is 1. The van der Waals surface area contributed by atoms with Gasteiger partial charge in [-0.15, -0.1) is 0 Å². The normalized spacial score (nSPS) is 11.8. The van der Waals surface area contributed by atoms with Gasteiger partial charge in [0.1, 0.15) is 6.10 Å². The zero-order chi connectivity index (χ0) is 18.6. The minimum absolute atomic E-state index is 0.275. The van der Waals surface area contributed by atoms with Crippen molar-refractivity contribution in [1.29, 1.82) is 0 Å². The summed E-state index contributed by atoms with van der Waals surface area (Å²) in [5.74, 6) is -0.424. The highest BCUT2D eigenvalue weighted by atomic mass is 16.5. The maximum absolute atomic E-state index is 12.3. The van der Waals surface area contributed by atoms with E-state index in [1.807, 2.05) is 37.3 Å². The lowest BCUT2D eigenvalue weighted by Crippen LogP contribution is -2.12. The fourth-order valence-corrected chi connectivity index (χ4v) is 2.62. The van der Waals surface area contributed by atoms with Crippen LogP contribution in [0.2, 0.25) is 0 Å². The van der Waals surface area contributed by atoms with Crippen molar-refractivity contribution in [2.75, 3.05) is 6.61 Å². The molecule has 1 aromatic heterocycles. The molecule has 1 unspecified atom stereocenters. The molecule has 0 saturated heterocycles. The molecule has 0 aliphatic carbocycles. The monoisotopic (exact) mass is 356 g/mol. The Morgan fingerprint density at radius 3 is 2.35 bits per heavy atom. The average molecular weight is 356 g/mol. The number of ether oxygens (including phenoxy) is 2. The van der Waals surface area contributed by atoms with E-state index >= 15 is 0 Å². The Morgan fingerprint density at radius 2 is 1.69 bits per heavy atom. The molecule has 0 amide bonds.